The van der Waals surface area contributed by atoms with Crippen molar-refractivity contribution in [3.8, 4) is 0 Å². The van der Waals surface area contributed by atoms with E-state index in [1.54, 1.807) is 6.20 Å². The van der Waals surface area contributed by atoms with Crippen LogP contribution in [0.15, 0.2) is 42.7 Å². The molecule has 1 fully saturated rings. The van der Waals surface area contributed by atoms with E-state index in [4.69, 9.17) is 17.0 Å². The summed E-state index contributed by atoms with van der Waals surface area (Å²) < 4.78 is 7.45. The van der Waals surface area contributed by atoms with Crippen LogP contribution in [0.4, 0.5) is 5.69 Å². The van der Waals surface area contributed by atoms with Gasteiger partial charge >= 0.3 is 0 Å². The van der Waals surface area contributed by atoms with Crippen molar-refractivity contribution < 1.29 is 4.74 Å². The summed E-state index contributed by atoms with van der Waals surface area (Å²) in [5.74, 6) is 0. The molecule has 0 amide bonds. The fourth-order valence-corrected chi connectivity index (χ4v) is 2.67. The molecular formula is C16H20N4OS. The molecule has 1 aromatic heterocycles. The lowest BCUT2D eigenvalue weighted by atomic mass is 10.2. The Morgan fingerprint density at radius 3 is 3.00 bits per heavy atom. The van der Waals surface area contributed by atoms with Crippen molar-refractivity contribution in [2.24, 2.45) is 0 Å². The van der Waals surface area contributed by atoms with Gasteiger partial charge in [-0.2, -0.15) is 5.10 Å². The van der Waals surface area contributed by atoms with Gasteiger partial charge in [0.25, 0.3) is 0 Å². The first kappa shape index (κ1) is 15.0. The van der Waals surface area contributed by atoms with Gasteiger partial charge in [0.1, 0.15) is 0 Å². The highest BCUT2D eigenvalue weighted by molar-refractivity contribution is 7.80. The topological polar surface area (TPSA) is 51.1 Å². The monoisotopic (exact) mass is 316 g/mol. The lowest BCUT2D eigenvalue weighted by molar-refractivity contribution is 0.114. The van der Waals surface area contributed by atoms with Crippen molar-refractivity contribution >= 4 is 23.0 Å². The average Bonchev–Trinajstić information content (AvgIpc) is 3.18. The van der Waals surface area contributed by atoms with Gasteiger partial charge in [-0.25, -0.2) is 0 Å². The number of aromatic nitrogens is 2. The standard InChI is InChI=1S/C16H20N4OS/c22-16(17-10-15-7-4-8-21-15)19-14-9-18-20(12-14)11-13-5-2-1-3-6-13/h1-3,5-6,9,12,15H,4,7-8,10-11H2,(H2,17,19,22)/t15-/m1/s1. The third-order valence-electron chi connectivity index (χ3n) is 3.59. The zero-order chi connectivity index (χ0) is 15.2. The first-order valence-electron chi connectivity index (χ1n) is 7.52. The molecule has 0 saturated carbocycles. The van der Waals surface area contributed by atoms with Crippen molar-refractivity contribution in [2.75, 3.05) is 18.5 Å². The molecule has 2 aromatic rings. The van der Waals surface area contributed by atoms with Gasteiger partial charge < -0.3 is 15.4 Å². The Bertz CT molecular complexity index is 608. The van der Waals surface area contributed by atoms with Crippen LogP contribution in [0.1, 0.15) is 18.4 Å². The van der Waals surface area contributed by atoms with E-state index >= 15 is 0 Å². The van der Waals surface area contributed by atoms with E-state index in [2.05, 4.69) is 27.9 Å². The molecule has 1 aliphatic heterocycles. The van der Waals surface area contributed by atoms with Crippen LogP contribution in [-0.4, -0.2) is 34.1 Å². The molecule has 1 saturated heterocycles. The Hall–Kier alpha value is -1.92. The van der Waals surface area contributed by atoms with E-state index in [9.17, 15) is 0 Å². The fourth-order valence-electron chi connectivity index (χ4n) is 2.47. The number of nitrogens with zero attached hydrogens (tertiary/aromatic N) is 2. The summed E-state index contributed by atoms with van der Waals surface area (Å²) >= 11 is 5.29. The summed E-state index contributed by atoms with van der Waals surface area (Å²) in [6, 6.07) is 10.2. The molecule has 1 aliphatic rings. The van der Waals surface area contributed by atoms with Gasteiger partial charge in [0.2, 0.25) is 0 Å². The molecule has 0 radical (unpaired) electrons. The van der Waals surface area contributed by atoms with Crippen LogP contribution in [0.2, 0.25) is 0 Å². The van der Waals surface area contributed by atoms with Crippen molar-refractivity contribution in [1.82, 2.24) is 15.1 Å². The summed E-state index contributed by atoms with van der Waals surface area (Å²) in [4.78, 5) is 0. The average molecular weight is 316 g/mol. The van der Waals surface area contributed by atoms with Crippen LogP contribution in [0, 0.1) is 0 Å². The number of benzene rings is 1. The highest BCUT2D eigenvalue weighted by atomic mass is 32.1. The van der Waals surface area contributed by atoms with Crippen LogP contribution >= 0.6 is 12.2 Å². The molecule has 2 N–H and O–H groups in total. The van der Waals surface area contributed by atoms with Crippen LogP contribution in [0.5, 0.6) is 0 Å². The molecule has 1 aromatic carbocycles. The van der Waals surface area contributed by atoms with Crippen molar-refractivity contribution in [3.63, 3.8) is 0 Å². The first-order chi connectivity index (χ1) is 10.8. The first-order valence-corrected chi connectivity index (χ1v) is 7.93. The van der Waals surface area contributed by atoms with Gasteiger partial charge in [0.05, 0.1) is 24.5 Å². The molecule has 2 heterocycles. The quantitative estimate of drug-likeness (QED) is 0.830. The smallest absolute Gasteiger partial charge is 0.170 e. The number of hydrogen-bond donors (Lipinski definition) is 2. The number of anilines is 1. The molecule has 5 nitrogen and oxygen atoms in total. The highest BCUT2D eigenvalue weighted by Crippen LogP contribution is 2.11. The van der Waals surface area contributed by atoms with Gasteiger partial charge in [0, 0.05) is 19.3 Å². The second-order valence-corrected chi connectivity index (χ2v) is 5.79. The molecule has 1 atom stereocenters. The van der Waals surface area contributed by atoms with Gasteiger partial charge in [-0.05, 0) is 30.6 Å². The zero-order valence-corrected chi connectivity index (χ0v) is 13.2. The van der Waals surface area contributed by atoms with E-state index in [0.29, 0.717) is 5.11 Å². The molecule has 116 valence electrons. The Morgan fingerprint density at radius 1 is 1.36 bits per heavy atom. The Labute approximate surface area is 135 Å². The van der Waals surface area contributed by atoms with Gasteiger partial charge in [-0.1, -0.05) is 30.3 Å². The number of ether oxygens (including phenoxy) is 1. The van der Waals surface area contributed by atoms with E-state index in [1.165, 1.54) is 5.56 Å². The third kappa shape index (κ3) is 4.29. The molecule has 3 rings (SSSR count). The molecule has 0 unspecified atom stereocenters. The minimum atomic E-state index is 0.278. The van der Waals surface area contributed by atoms with Crippen LogP contribution < -0.4 is 10.6 Å². The van der Waals surface area contributed by atoms with Crippen LogP contribution in [-0.2, 0) is 11.3 Å². The number of rotatable bonds is 5. The summed E-state index contributed by atoms with van der Waals surface area (Å²) in [6.45, 7) is 2.36. The largest absolute Gasteiger partial charge is 0.376 e. The Morgan fingerprint density at radius 2 is 2.23 bits per heavy atom. The Balaban J connectivity index is 1.47. The molecular weight excluding hydrogens is 296 g/mol. The maximum Gasteiger partial charge on any atom is 0.170 e. The van der Waals surface area contributed by atoms with E-state index in [0.717, 1.165) is 38.2 Å². The highest BCUT2D eigenvalue weighted by Gasteiger charge is 2.15. The SMILES string of the molecule is S=C(NC[C@H]1CCCO1)Nc1cnn(Cc2ccccc2)c1. The molecule has 0 spiro atoms. The van der Waals surface area contributed by atoms with Crippen molar-refractivity contribution in [2.45, 2.75) is 25.5 Å². The predicted molar refractivity (Wildman–Crippen MR) is 91.0 cm³/mol. The van der Waals surface area contributed by atoms with Gasteiger partial charge in [-0.15, -0.1) is 0 Å². The minimum absolute atomic E-state index is 0.278. The van der Waals surface area contributed by atoms with Crippen LogP contribution in [0.3, 0.4) is 0 Å². The minimum Gasteiger partial charge on any atom is -0.376 e. The molecule has 6 heteroatoms. The van der Waals surface area contributed by atoms with Crippen LogP contribution in [0.25, 0.3) is 0 Å². The lowest BCUT2D eigenvalue weighted by Gasteiger charge is -2.13. The Kier molecular flexibility index (Phi) is 5.03. The molecule has 0 bridgehead atoms. The second-order valence-electron chi connectivity index (χ2n) is 5.38. The second kappa shape index (κ2) is 7.38. The summed E-state index contributed by atoms with van der Waals surface area (Å²) in [5, 5.41) is 11.3. The number of nitrogens with one attached hydrogen (secondary N) is 2. The summed E-state index contributed by atoms with van der Waals surface area (Å²) in [7, 11) is 0. The van der Waals surface area contributed by atoms with Crippen molar-refractivity contribution in [3.05, 3.63) is 48.3 Å². The van der Waals surface area contributed by atoms with E-state index in [1.807, 2.05) is 29.1 Å². The maximum atomic E-state index is 5.56. The van der Waals surface area contributed by atoms with Gasteiger partial charge in [-0.3, -0.25) is 4.68 Å². The predicted octanol–water partition coefficient (Wildman–Crippen LogP) is 2.40. The van der Waals surface area contributed by atoms with E-state index < -0.39 is 0 Å². The number of thiocarbonyl (C=S) groups is 1. The lowest BCUT2D eigenvalue weighted by Crippen LogP contribution is -2.34. The zero-order valence-electron chi connectivity index (χ0n) is 12.4. The summed E-state index contributed by atoms with van der Waals surface area (Å²) in [5.41, 5.74) is 2.11. The number of hydrogen-bond acceptors (Lipinski definition) is 3. The maximum absolute atomic E-state index is 5.56. The third-order valence-corrected chi connectivity index (χ3v) is 3.84. The van der Waals surface area contributed by atoms with Crippen molar-refractivity contribution in [1.29, 1.82) is 0 Å². The molecule has 22 heavy (non-hydrogen) atoms. The normalized spacial score (nSPS) is 17.4. The summed E-state index contributed by atoms with van der Waals surface area (Å²) in [6.07, 6.45) is 6.25. The molecule has 0 aliphatic carbocycles. The van der Waals surface area contributed by atoms with Gasteiger partial charge in [0.15, 0.2) is 5.11 Å². The van der Waals surface area contributed by atoms with E-state index in [-0.39, 0.29) is 6.10 Å². The fraction of sp³-hybridized carbons (Fsp3) is 0.375.